The molecule has 1 atom stereocenters. The molecule has 0 spiro atoms. The molecule has 1 heterocycles. The molecule has 2 N–H and O–H groups in total. The lowest BCUT2D eigenvalue weighted by Crippen LogP contribution is -2.13. The predicted molar refractivity (Wildman–Crippen MR) is 57.6 cm³/mol. The molecule has 1 aromatic carbocycles. The Balaban J connectivity index is 2.40. The Morgan fingerprint density at radius 3 is 2.79 bits per heavy atom. The molecule has 14 heavy (non-hydrogen) atoms. The molecule has 76 valence electrons. The van der Waals surface area contributed by atoms with Crippen LogP contribution in [0.25, 0.3) is 0 Å². The number of phenolic OH excluding ortho intramolecular Hbond substituents is 1. The Kier molecular flexibility index (Phi) is 2.46. The molecule has 2 rings (SSSR count). The van der Waals surface area contributed by atoms with Crippen LogP contribution in [0.15, 0.2) is 12.1 Å². The van der Waals surface area contributed by atoms with E-state index in [1.165, 1.54) is 12.0 Å². The van der Waals surface area contributed by atoms with Gasteiger partial charge < -0.3 is 10.4 Å². The van der Waals surface area contributed by atoms with Crippen molar-refractivity contribution >= 4 is 0 Å². The Labute approximate surface area is 85.0 Å². The first-order valence-corrected chi connectivity index (χ1v) is 5.22. The van der Waals surface area contributed by atoms with Gasteiger partial charge in [0.2, 0.25) is 0 Å². The highest BCUT2D eigenvalue weighted by molar-refractivity contribution is 5.44. The summed E-state index contributed by atoms with van der Waals surface area (Å²) in [4.78, 5) is 0. The molecule has 0 aliphatic carbocycles. The molecule has 0 unspecified atom stereocenters. The van der Waals surface area contributed by atoms with Crippen LogP contribution in [0.5, 0.6) is 5.75 Å². The van der Waals surface area contributed by atoms with E-state index in [9.17, 15) is 5.11 Å². The van der Waals surface area contributed by atoms with E-state index in [1.807, 2.05) is 13.0 Å². The number of phenols is 1. The van der Waals surface area contributed by atoms with E-state index in [1.54, 1.807) is 0 Å². The number of hydrogen-bond donors (Lipinski definition) is 2. The van der Waals surface area contributed by atoms with Gasteiger partial charge in [0.25, 0.3) is 0 Å². The maximum absolute atomic E-state index is 9.94. The molecule has 0 amide bonds. The van der Waals surface area contributed by atoms with Gasteiger partial charge in [-0.25, -0.2) is 0 Å². The first-order valence-electron chi connectivity index (χ1n) is 5.22. The molecule has 0 aromatic heterocycles. The highest BCUT2D eigenvalue weighted by Gasteiger charge is 2.20. The van der Waals surface area contributed by atoms with Crippen LogP contribution in [0.2, 0.25) is 0 Å². The van der Waals surface area contributed by atoms with Crippen molar-refractivity contribution in [2.75, 3.05) is 6.54 Å². The second-order valence-electron chi connectivity index (χ2n) is 4.17. The van der Waals surface area contributed by atoms with Crippen molar-refractivity contribution in [1.29, 1.82) is 0 Å². The van der Waals surface area contributed by atoms with Gasteiger partial charge in [0.15, 0.2) is 0 Å². The van der Waals surface area contributed by atoms with E-state index < -0.39 is 0 Å². The third-order valence-corrected chi connectivity index (χ3v) is 2.91. The first-order chi connectivity index (χ1) is 6.68. The normalized spacial score (nSPS) is 21.4. The number of hydrogen-bond acceptors (Lipinski definition) is 2. The second kappa shape index (κ2) is 3.62. The number of benzene rings is 1. The molecule has 2 nitrogen and oxygen atoms in total. The third kappa shape index (κ3) is 1.62. The summed E-state index contributed by atoms with van der Waals surface area (Å²) in [5, 5.41) is 13.4. The summed E-state index contributed by atoms with van der Waals surface area (Å²) >= 11 is 0. The monoisotopic (exact) mass is 191 g/mol. The van der Waals surface area contributed by atoms with E-state index in [0.29, 0.717) is 11.8 Å². The topological polar surface area (TPSA) is 32.3 Å². The summed E-state index contributed by atoms with van der Waals surface area (Å²) in [6, 6.07) is 4.47. The molecule has 1 aromatic rings. The Bertz CT molecular complexity index is 340. The van der Waals surface area contributed by atoms with E-state index in [-0.39, 0.29) is 0 Å². The fourth-order valence-electron chi connectivity index (χ4n) is 2.21. The average molecular weight is 191 g/mol. The summed E-state index contributed by atoms with van der Waals surface area (Å²) in [6.07, 6.45) is 2.34. The predicted octanol–water partition coefficient (Wildman–Crippen LogP) is 2.43. The van der Waals surface area contributed by atoms with Gasteiger partial charge in [0.1, 0.15) is 5.75 Å². The van der Waals surface area contributed by atoms with E-state index in [4.69, 9.17) is 0 Å². The van der Waals surface area contributed by atoms with Crippen LogP contribution in [-0.2, 0) is 0 Å². The lowest BCUT2D eigenvalue weighted by atomic mass is 9.99. The minimum atomic E-state index is 0.355. The molecular weight excluding hydrogens is 174 g/mol. The standard InChI is InChI=1S/C12H17NO/c1-8-6-9(2)12(14)10(7-8)11-4-3-5-13-11/h6-7,11,13-14H,3-5H2,1-2H3/t11-/m1/s1. The highest BCUT2D eigenvalue weighted by Crippen LogP contribution is 2.33. The smallest absolute Gasteiger partial charge is 0.123 e. The zero-order valence-electron chi connectivity index (χ0n) is 8.80. The molecule has 0 radical (unpaired) electrons. The molecule has 1 fully saturated rings. The van der Waals surface area contributed by atoms with Gasteiger partial charge in [-0.05, 0) is 38.8 Å². The van der Waals surface area contributed by atoms with Crippen LogP contribution in [0.1, 0.15) is 35.6 Å². The van der Waals surface area contributed by atoms with Gasteiger partial charge in [-0.2, -0.15) is 0 Å². The lowest BCUT2D eigenvalue weighted by Gasteiger charge is -2.15. The van der Waals surface area contributed by atoms with Crippen LogP contribution in [0.3, 0.4) is 0 Å². The number of nitrogens with one attached hydrogen (secondary N) is 1. The maximum Gasteiger partial charge on any atom is 0.123 e. The molecule has 2 heteroatoms. The van der Waals surface area contributed by atoms with Crippen LogP contribution in [-0.4, -0.2) is 11.7 Å². The highest BCUT2D eigenvalue weighted by atomic mass is 16.3. The number of rotatable bonds is 1. The van der Waals surface area contributed by atoms with Crippen LogP contribution < -0.4 is 5.32 Å². The fourth-order valence-corrected chi connectivity index (χ4v) is 2.21. The zero-order chi connectivity index (χ0) is 10.1. The summed E-state index contributed by atoms with van der Waals surface area (Å²) < 4.78 is 0. The SMILES string of the molecule is Cc1cc(C)c(O)c([C@H]2CCCN2)c1. The van der Waals surface area contributed by atoms with E-state index in [2.05, 4.69) is 18.3 Å². The van der Waals surface area contributed by atoms with Crippen molar-refractivity contribution in [2.24, 2.45) is 0 Å². The molecule has 0 saturated carbocycles. The summed E-state index contributed by atoms with van der Waals surface area (Å²) in [5.74, 6) is 0.468. The minimum Gasteiger partial charge on any atom is -0.507 e. The van der Waals surface area contributed by atoms with E-state index in [0.717, 1.165) is 24.1 Å². The Morgan fingerprint density at radius 2 is 2.14 bits per heavy atom. The van der Waals surface area contributed by atoms with Gasteiger partial charge in [0, 0.05) is 11.6 Å². The van der Waals surface area contributed by atoms with Crippen molar-refractivity contribution in [3.8, 4) is 5.75 Å². The zero-order valence-corrected chi connectivity index (χ0v) is 8.80. The number of aromatic hydroxyl groups is 1. The van der Waals surface area contributed by atoms with Crippen molar-refractivity contribution in [3.05, 3.63) is 28.8 Å². The average Bonchev–Trinajstić information content (AvgIpc) is 2.63. The number of aryl methyl sites for hydroxylation is 2. The minimum absolute atomic E-state index is 0.355. The molecule has 0 bridgehead atoms. The first kappa shape index (κ1) is 9.53. The van der Waals surface area contributed by atoms with Gasteiger partial charge in [-0.3, -0.25) is 0 Å². The van der Waals surface area contributed by atoms with Gasteiger partial charge in [-0.15, -0.1) is 0 Å². The van der Waals surface area contributed by atoms with Crippen molar-refractivity contribution in [1.82, 2.24) is 5.32 Å². The van der Waals surface area contributed by atoms with Gasteiger partial charge in [0.05, 0.1) is 0 Å². The second-order valence-corrected chi connectivity index (χ2v) is 4.17. The maximum atomic E-state index is 9.94. The van der Waals surface area contributed by atoms with Gasteiger partial charge in [-0.1, -0.05) is 17.7 Å². The molecule has 1 aliphatic heterocycles. The molecule has 1 aliphatic rings. The van der Waals surface area contributed by atoms with Crippen molar-refractivity contribution < 1.29 is 5.11 Å². The van der Waals surface area contributed by atoms with Crippen molar-refractivity contribution in [2.45, 2.75) is 32.7 Å². The Morgan fingerprint density at radius 1 is 1.36 bits per heavy atom. The largest absolute Gasteiger partial charge is 0.507 e. The molecular formula is C12H17NO. The third-order valence-electron chi connectivity index (χ3n) is 2.91. The van der Waals surface area contributed by atoms with Crippen LogP contribution in [0.4, 0.5) is 0 Å². The lowest BCUT2D eigenvalue weighted by molar-refractivity contribution is 0.452. The van der Waals surface area contributed by atoms with E-state index >= 15 is 0 Å². The Hall–Kier alpha value is -1.02. The summed E-state index contributed by atoms with van der Waals surface area (Å²) in [7, 11) is 0. The van der Waals surface area contributed by atoms with Crippen LogP contribution >= 0.6 is 0 Å². The van der Waals surface area contributed by atoms with Crippen molar-refractivity contribution in [3.63, 3.8) is 0 Å². The summed E-state index contributed by atoms with van der Waals surface area (Å²) in [5.41, 5.74) is 3.28. The summed E-state index contributed by atoms with van der Waals surface area (Å²) in [6.45, 7) is 5.10. The molecule has 1 saturated heterocycles. The fraction of sp³-hybridized carbons (Fsp3) is 0.500. The van der Waals surface area contributed by atoms with Crippen LogP contribution in [0, 0.1) is 13.8 Å². The quantitative estimate of drug-likeness (QED) is 0.714. The van der Waals surface area contributed by atoms with Gasteiger partial charge >= 0.3 is 0 Å².